The van der Waals surface area contributed by atoms with Gasteiger partial charge in [-0.3, -0.25) is 9.59 Å². The number of ether oxygens (including phenoxy) is 3. The Labute approximate surface area is 187 Å². The molecule has 1 aliphatic heterocycles. The Balaban J connectivity index is 1.76. The number of hydrogen-bond donors (Lipinski definition) is 1. The van der Waals surface area contributed by atoms with E-state index in [0.29, 0.717) is 47.3 Å². The van der Waals surface area contributed by atoms with E-state index in [0.717, 1.165) is 18.4 Å². The molecule has 1 heterocycles. The first-order valence-electron chi connectivity index (χ1n) is 10.1. The van der Waals surface area contributed by atoms with E-state index in [9.17, 15) is 9.59 Å². The summed E-state index contributed by atoms with van der Waals surface area (Å²) in [6.07, 6.45) is 2.32. The third-order valence-corrected chi connectivity index (χ3v) is 5.55. The van der Waals surface area contributed by atoms with Crippen LogP contribution in [0.5, 0.6) is 17.2 Å². The van der Waals surface area contributed by atoms with Crippen LogP contribution in [0.15, 0.2) is 36.4 Å². The van der Waals surface area contributed by atoms with Gasteiger partial charge in [0.1, 0.15) is 6.04 Å². The molecule has 1 aliphatic rings. The van der Waals surface area contributed by atoms with Crippen molar-refractivity contribution in [2.45, 2.75) is 31.8 Å². The van der Waals surface area contributed by atoms with Crippen molar-refractivity contribution < 1.29 is 23.8 Å². The topological polar surface area (TPSA) is 77.1 Å². The Hall–Kier alpha value is -2.93. The predicted octanol–water partition coefficient (Wildman–Crippen LogP) is 3.68. The fraction of sp³-hybridized carbons (Fsp3) is 0.391. The number of nitrogens with zero attached hydrogens (tertiary/aromatic N) is 1. The molecule has 166 valence electrons. The third kappa shape index (κ3) is 5.41. The van der Waals surface area contributed by atoms with E-state index in [-0.39, 0.29) is 11.8 Å². The second kappa shape index (κ2) is 10.4. The van der Waals surface area contributed by atoms with E-state index in [1.165, 1.54) is 21.3 Å². The number of amides is 2. The fourth-order valence-corrected chi connectivity index (χ4v) is 3.79. The van der Waals surface area contributed by atoms with Crippen molar-refractivity contribution >= 4 is 23.4 Å². The molecule has 2 aromatic carbocycles. The number of carbonyl (C=O) groups is 2. The summed E-state index contributed by atoms with van der Waals surface area (Å²) in [6, 6.07) is 9.98. The number of benzene rings is 2. The van der Waals surface area contributed by atoms with Crippen LogP contribution in [-0.4, -0.2) is 50.6 Å². The van der Waals surface area contributed by atoms with Crippen LogP contribution in [0.3, 0.4) is 0 Å². The smallest absolute Gasteiger partial charge is 0.252 e. The monoisotopic (exact) mass is 446 g/mol. The lowest BCUT2D eigenvalue weighted by atomic mass is 10.1. The van der Waals surface area contributed by atoms with Crippen molar-refractivity contribution in [3.63, 3.8) is 0 Å². The van der Waals surface area contributed by atoms with E-state index in [4.69, 9.17) is 25.8 Å². The Kier molecular flexibility index (Phi) is 7.63. The van der Waals surface area contributed by atoms with Crippen LogP contribution in [0.4, 0.5) is 0 Å². The van der Waals surface area contributed by atoms with Gasteiger partial charge in [-0.1, -0.05) is 23.7 Å². The molecule has 1 N–H and O–H groups in total. The van der Waals surface area contributed by atoms with Crippen molar-refractivity contribution in [1.29, 1.82) is 0 Å². The lowest BCUT2D eigenvalue weighted by Crippen LogP contribution is -2.47. The van der Waals surface area contributed by atoms with Crippen LogP contribution in [-0.2, 0) is 11.3 Å². The van der Waals surface area contributed by atoms with Gasteiger partial charge in [-0.25, -0.2) is 0 Å². The summed E-state index contributed by atoms with van der Waals surface area (Å²) in [5.74, 6) is 0.701. The first kappa shape index (κ1) is 22.7. The number of halogens is 1. The summed E-state index contributed by atoms with van der Waals surface area (Å²) in [6.45, 7) is 1.13. The molecule has 0 spiro atoms. The zero-order chi connectivity index (χ0) is 22.4. The van der Waals surface area contributed by atoms with Crippen LogP contribution in [0, 0.1) is 0 Å². The van der Waals surface area contributed by atoms with Gasteiger partial charge >= 0.3 is 0 Å². The number of likely N-dealkylation sites (tertiary alicyclic amines) is 1. The molecular formula is C23H27ClN2O5. The van der Waals surface area contributed by atoms with Gasteiger partial charge in [-0.2, -0.15) is 0 Å². The number of carbonyl (C=O) groups excluding carboxylic acids is 2. The highest BCUT2D eigenvalue weighted by Gasteiger charge is 2.29. The quantitative estimate of drug-likeness (QED) is 0.702. The molecule has 0 aliphatic carbocycles. The van der Waals surface area contributed by atoms with Gasteiger partial charge in [0.05, 0.1) is 21.3 Å². The molecule has 1 unspecified atom stereocenters. The number of methoxy groups -OCH3 is 3. The third-order valence-electron chi connectivity index (χ3n) is 5.30. The van der Waals surface area contributed by atoms with Gasteiger partial charge in [0.25, 0.3) is 5.91 Å². The molecule has 1 fully saturated rings. The van der Waals surface area contributed by atoms with Crippen molar-refractivity contribution in [2.75, 3.05) is 27.9 Å². The molecule has 3 rings (SSSR count). The van der Waals surface area contributed by atoms with Crippen molar-refractivity contribution in [3.8, 4) is 17.2 Å². The maximum absolute atomic E-state index is 13.1. The molecule has 8 heteroatoms. The maximum atomic E-state index is 13.1. The largest absolute Gasteiger partial charge is 0.493 e. The van der Waals surface area contributed by atoms with Crippen molar-refractivity contribution in [3.05, 3.63) is 52.5 Å². The van der Waals surface area contributed by atoms with Gasteiger partial charge in [-0.05, 0) is 49.1 Å². The predicted molar refractivity (Wildman–Crippen MR) is 118 cm³/mol. The Morgan fingerprint density at radius 1 is 1.06 bits per heavy atom. The SMILES string of the molecule is COc1cc(C(=O)NC2CCCCN(Cc3ccc(Cl)cc3)C2=O)cc(OC)c1OC. The molecule has 1 atom stereocenters. The van der Waals surface area contributed by atoms with E-state index >= 15 is 0 Å². The minimum atomic E-state index is -0.596. The first-order valence-corrected chi connectivity index (χ1v) is 10.5. The standard InChI is InChI=1S/C23H27ClN2O5/c1-29-19-12-16(13-20(30-2)21(19)31-3)22(27)25-18-6-4-5-11-26(23(18)28)14-15-7-9-17(24)10-8-15/h7-10,12-13,18H,4-6,11,14H2,1-3H3,(H,25,27). The summed E-state index contributed by atoms with van der Waals surface area (Å²) in [4.78, 5) is 27.9. The van der Waals surface area contributed by atoms with E-state index < -0.39 is 6.04 Å². The summed E-state index contributed by atoms with van der Waals surface area (Å²) >= 11 is 5.96. The van der Waals surface area contributed by atoms with E-state index in [1.54, 1.807) is 17.0 Å². The molecular weight excluding hydrogens is 420 g/mol. The molecule has 1 saturated heterocycles. The van der Waals surface area contributed by atoms with Gasteiger partial charge < -0.3 is 24.4 Å². The number of hydrogen-bond acceptors (Lipinski definition) is 5. The average Bonchev–Trinajstić information content (AvgIpc) is 2.95. The van der Waals surface area contributed by atoms with E-state index in [1.807, 2.05) is 24.3 Å². The number of rotatable bonds is 7. The molecule has 0 aromatic heterocycles. The van der Waals surface area contributed by atoms with Crippen molar-refractivity contribution in [1.82, 2.24) is 10.2 Å². The maximum Gasteiger partial charge on any atom is 0.252 e. The summed E-state index contributed by atoms with van der Waals surface area (Å²) in [7, 11) is 4.48. The van der Waals surface area contributed by atoms with Crippen LogP contribution in [0.2, 0.25) is 5.02 Å². The normalized spacial score (nSPS) is 16.5. The highest BCUT2D eigenvalue weighted by molar-refractivity contribution is 6.30. The Morgan fingerprint density at radius 2 is 1.71 bits per heavy atom. The van der Waals surface area contributed by atoms with Crippen LogP contribution in [0.1, 0.15) is 35.2 Å². The Bertz CT molecular complexity index is 907. The zero-order valence-corrected chi connectivity index (χ0v) is 18.7. The summed E-state index contributed by atoms with van der Waals surface area (Å²) in [5.41, 5.74) is 1.32. The molecule has 7 nitrogen and oxygen atoms in total. The van der Waals surface area contributed by atoms with Crippen LogP contribution >= 0.6 is 11.6 Å². The second-order valence-electron chi connectivity index (χ2n) is 7.32. The highest BCUT2D eigenvalue weighted by Crippen LogP contribution is 2.38. The summed E-state index contributed by atoms with van der Waals surface area (Å²) < 4.78 is 15.9. The zero-order valence-electron chi connectivity index (χ0n) is 17.9. The molecule has 0 radical (unpaired) electrons. The van der Waals surface area contributed by atoms with Gasteiger partial charge in [-0.15, -0.1) is 0 Å². The molecule has 31 heavy (non-hydrogen) atoms. The van der Waals surface area contributed by atoms with Gasteiger partial charge in [0, 0.05) is 23.7 Å². The molecule has 2 aromatic rings. The van der Waals surface area contributed by atoms with Crippen LogP contribution < -0.4 is 19.5 Å². The molecule has 0 bridgehead atoms. The minimum Gasteiger partial charge on any atom is -0.493 e. The van der Waals surface area contributed by atoms with Gasteiger partial charge in [0.2, 0.25) is 11.7 Å². The lowest BCUT2D eigenvalue weighted by Gasteiger charge is -2.25. The average molecular weight is 447 g/mol. The second-order valence-corrected chi connectivity index (χ2v) is 7.76. The summed E-state index contributed by atoms with van der Waals surface area (Å²) in [5, 5.41) is 3.54. The first-order chi connectivity index (χ1) is 15.0. The van der Waals surface area contributed by atoms with E-state index in [2.05, 4.69) is 5.32 Å². The van der Waals surface area contributed by atoms with Gasteiger partial charge in [0.15, 0.2) is 11.5 Å². The number of nitrogens with one attached hydrogen (secondary N) is 1. The van der Waals surface area contributed by atoms with Crippen LogP contribution in [0.25, 0.3) is 0 Å². The fourth-order valence-electron chi connectivity index (χ4n) is 3.66. The highest BCUT2D eigenvalue weighted by atomic mass is 35.5. The minimum absolute atomic E-state index is 0.0896. The molecule has 0 saturated carbocycles. The van der Waals surface area contributed by atoms with Crippen molar-refractivity contribution in [2.24, 2.45) is 0 Å². The lowest BCUT2D eigenvalue weighted by molar-refractivity contribution is -0.133. The molecule has 2 amide bonds. The Morgan fingerprint density at radius 3 is 2.29 bits per heavy atom.